The molecule has 0 radical (unpaired) electrons. The molecule has 0 aliphatic rings. The summed E-state index contributed by atoms with van der Waals surface area (Å²) in [6.07, 6.45) is 1.91. The molecule has 108 valence electrons. The maximum atomic E-state index is 12.0. The van der Waals surface area contributed by atoms with Gasteiger partial charge in [-0.25, -0.2) is 4.79 Å². The molecule has 1 aromatic carbocycles. The van der Waals surface area contributed by atoms with Crippen LogP contribution in [0.4, 0.5) is 0 Å². The molecule has 0 unspecified atom stereocenters. The van der Waals surface area contributed by atoms with Crippen LogP contribution >= 0.6 is 0 Å². The highest BCUT2D eigenvalue weighted by atomic mass is 16.6. The van der Waals surface area contributed by atoms with Crippen LogP contribution in [-0.2, 0) is 9.53 Å². The minimum Gasteiger partial charge on any atom is -0.458 e. The highest BCUT2D eigenvalue weighted by Crippen LogP contribution is 2.10. The molecular formula is C16H21NO3. The van der Waals surface area contributed by atoms with E-state index >= 15 is 0 Å². The second-order valence-electron chi connectivity index (χ2n) is 5.45. The lowest BCUT2D eigenvalue weighted by Gasteiger charge is -2.24. The lowest BCUT2D eigenvalue weighted by atomic mass is 10.1. The third-order valence-corrected chi connectivity index (χ3v) is 2.43. The van der Waals surface area contributed by atoms with Crippen molar-refractivity contribution in [1.82, 2.24) is 5.32 Å². The van der Waals surface area contributed by atoms with E-state index in [1.807, 2.05) is 6.07 Å². The molecule has 4 nitrogen and oxygen atoms in total. The van der Waals surface area contributed by atoms with E-state index in [1.165, 1.54) is 0 Å². The summed E-state index contributed by atoms with van der Waals surface area (Å²) in [5, 5.41) is 2.67. The van der Waals surface area contributed by atoms with Gasteiger partial charge in [-0.05, 0) is 39.3 Å². The molecule has 1 N–H and O–H groups in total. The van der Waals surface area contributed by atoms with Crippen molar-refractivity contribution in [2.75, 3.05) is 0 Å². The van der Waals surface area contributed by atoms with E-state index < -0.39 is 17.6 Å². The predicted molar refractivity (Wildman–Crippen MR) is 78.4 cm³/mol. The molecule has 0 bridgehead atoms. The summed E-state index contributed by atoms with van der Waals surface area (Å²) in [6, 6.07) is 8.02. The molecule has 1 aromatic rings. The van der Waals surface area contributed by atoms with E-state index in [0.29, 0.717) is 12.0 Å². The molecule has 0 aromatic heterocycles. The van der Waals surface area contributed by atoms with Crippen LogP contribution in [0, 0.1) is 0 Å². The zero-order chi connectivity index (χ0) is 15.2. The number of hydrogen-bond acceptors (Lipinski definition) is 3. The zero-order valence-corrected chi connectivity index (χ0v) is 12.2. The Morgan fingerprint density at radius 2 is 1.90 bits per heavy atom. The Morgan fingerprint density at radius 1 is 1.30 bits per heavy atom. The maximum Gasteiger partial charge on any atom is 0.329 e. The molecule has 0 saturated heterocycles. The molecule has 1 rings (SSSR count). The Hall–Kier alpha value is -2.10. The van der Waals surface area contributed by atoms with Gasteiger partial charge in [-0.1, -0.05) is 24.3 Å². The molecule has 0 aliphatic carbocycles. The van der Waals surface area contributed by atoms with Gasteiger partial charge < -0.3 is 10.1 Å². The molecule has 0 saturated carbocycles. The SMILES string of the molecule is C=CC[C@@H](NC(=O)c1ccccc1)C(=O)OC(C)(C)C. The van der Waals surface area contributed by atoms with E-state index in [1.54, 1.807) is 51.1 Å². The van der Waals surface area contributed by atoms with Crippen LogP contribution in [0.2, 0.25) is 0 Å². The van der Waals surface area contributed by atoms with Crippen LogP contribution in [0.15, 0.2) is 43.0 Å². The number of carbonyl (C=O) groups is 2. The minimum absolute atomic E-state index is 0.302. The van der Waals surface area contributed by atoms with Crippen LogP contribution in [0.1, 0.15) is 37.6 Å². The quantitative estimate of drug-likeness (QED) is 0.664. The summed E-state index contributed by atoms with van der Waals surface area (Å²) < 4.78 is 5.29. The Kier molecular flexibility index (Phi) is 5.50. The summed E-state index contributed by atoms with van der Waals surface area (Å²) in [6.45, 7) is 8.96. The average molecular weight is 275 g/mol. The third kappa shape index (κ3) is 5.26. The van der Waals surface area contributed by atoms with Crippen LogP contribution in [0.5, 0.6) is 0 Å². The topological polar surface area (TPSA) is 55.4 Å². The molecule has 4 heteroatoms. The first-order valence-electron chi connectivity index (χ1n) is 6.53. The Labute approximate surface area is 119 Å². The lowest BCUT2D eigenvalue weighted by Crippen LogP contribution is -2.43. The number of esters is 1. The fraction of sp³-hybridized carbons (Fsp3) is 0.375. The first kappa shape index (κ1) is 16.0. The third-order valence-electron chi connectivity index (χ3n) is 2.43. The number of nitrogens with one attached hydrogen (secondary N) is 1. The van der Waals surface area contributed by atoms with Crippen molar-refractivity contribution in [2.45, 2.75) is 38.8 Å². The Bertz CT molecular complexity index is 474. The minimum atomic E-state index is -0.723. The molecule has 0 fully saturated rings. The van der Waals surface area contributed by atoms with Crippen molar-refractivity contribution in [3.63, 3.8) is 0 Å². The Balaban J connectivity index is 2.75. The van der Waals surface area contributed by atoms with Gasteiger partial charge in [0.1, 0.15) is 11.6 Å². The second-order valence-corrected chi connectivity index (χ2v) is 5.45. The molecule has 0 aliphatic heterocycles. The molecule has 20 heavy (non-hydrogen) atoms. The van der Waals surface area contributed by atoms with Gasteiger partial charge >= 0.3 is 5.97 Å². The van der Waals surface area contributed by atoms with Crippen molar-refractivity contribution < 1.29 is 14.3 Å². The number of amides is 1. The van der Waals surface area contributed by atoms with Gasteiger partial charge in [-0.2, -0.15) is 0 Å². The fourth-order valence-corrected chi connectivity index (χ4v) is 1.58. The van der Waals surface area contributed by atoms with Crippen LogP contribution in [0.25, 0.3) is 0 Å². The van der Waals surface area contributed by atoms with Gasteiger partial charge in [-0.15, -0.1) is 6.58 Å². The van der Waals surface area contributed by atoms with Gasteiger partial charge in [0.15, 0.2) is 0 Å². The predicted octanol–water partition coefficient (Wildman–Crippen LogP) is 2.70. The summed E-state index contributed by atoms with van der Waals surface area (Å²) in [5.74, 6) is -0.759. The van der Waals surface area contributed by atoms with E-state index in [9.17, 15) is 9.59 Å². The standard InChI is InChI=1S/C16H21NO3/c1-5-9-13(15(19)20-16(2,3)4)17-14(18)12-10-7-6-8-11-12/h5-8,10-11,13H,1,9H2,2-4H3,(H,17,18)/t13-/m1/s1. The summed E-state index contributed by atoms with van der Waals surface area (Å²) in [7, 11) is 0. The van der Waals surface area contributed by atoms with E-state index in [0.717, 1.165) is 0 Å². The van der Waals surface area contributed by atoms with E-state index in [2.05, 4.69) is 11.9 Å². The van der Waals surface area contributed by atoms with Gasteiger partial charge in [-0.3, -0.25) is 4.79 Å². The van der Waals surface area contributed by atoms with Gasteiger partial charge in [0.05, 0.1) is 0 Å². The van der Waals surface area contributed by atoms with Crippen molar-refractivity contribution in [3.8, 4) is 0 Å². The van der Waals surface area contributed by atoms with Crippen molar-refractivity contribution in [3.05, 3.63) is 48.6 Å². The summed E-state index contributed by atoms with van der Waals surface area (Å²) >= 11 is 0. The van der Waals surface area contributed by atoms with Gasteiger partial charge in [0.25, 0.3) is 5.91 Å². The zero-order valence-electron chi connectivity index (χ0n) is 12.2. The lowest BCUT2D eigenvalue weighted by molar-refractivity contribution is -0.157. The normalized spacial score (nSPS) is 12.3. The average Bonchev–Trinajstić information content (AvgIpc) is 2.37. The smallest absolute Gasteiger partial charge is 0.329 e. The number of ether oxygens (including phenoxy) is 1. The summed E-state index contributed by atoms with van der Waals surface area (Å²) in [4.78, 5) is 24.1. The van der Waals surface area contributed by atoms with Crippen molar-refractivity contribution in [2.24, 2.45) is 0 Å². The highest BCUT2D eigenvalue weighted by molar-refractivity contribution is 5.96. The molecular weight excluding hydrogens is 254 g/mol. The number of carbonyl (C=O) groups excluding carboxylic acids is 2. The monoisotopic (exact) mass is 275 g/mol. The van der Waals surface area contributed by atoms with Gasteiger partial charge in [0, 0.05) is 5.56 Å². The Morgan fingerprint density at radius 3 is 2.40 bits per heavy atom. The molecule has 0 spiro atoms. The summed E-state index contributed by atoms with van der Waals surface area (Å²) in [5.41, 5.74) is -0.0846. The van der Waals surface area contributed by atoms with Crippen molar-refractivity contribution >= 4 is 11.9 Å². The van der Waals surface area contributed by atoms with Gasteiger partial charge in [0.2, 0.25) is 0 Å². The number of hydrogen-bond donors (Lipinski definition) is 1. The molecule has 1 atom stereocenters. The van der Waals surface area contributed by atoms with Crippen LogP contribution < -0.4 is 5.32 Å². The van der Waals surface area contributed by atoms with E-state index in [-0.39, 0.29) is 5.91 Å². The molecule has 1 amide bonds. The largest absolute Gasteiger partial charge is 0.458 e. The highest BCUT2D eigenvalue weighted by Gasteiger charge is 2.25. The number of rotatable bonds is 5. The number of benzene rings is 1. The van der Waals surface area contributed by atoms with Crippen LogP contribution in [0.3, 0.4) is 0 Å². The first-order chi connectivity index (χ1) is 9.33. The second kappa shape index (κ2) is 6.89. The fourth-order valence-electron chi connectivity index (χ4n) is 1.58. The first-order valence-corrected chi connectivity index (χ1v) is 6.53. The van der Waals surface area contributed by atoms with E-state index in [4.69, 9.17) is 4.74 Å². The van der Waals surface area contributed by atoms with Crippen LogP contribution in [-0.4, -0.2) is 23.5 Å². The maximum absolute atomic E-state index is 12.0. The van der Waals surface area contributed by atoms with Crippen molar-refractivity contribution in [1.29, 1.82) is 0 Å². The molecule has 0 heterocycles.